The maximum Gasteiger partial charge on any atom is 0.246 e. The van der Waals surface area contributed by atoms with Gasteiger partial charge in [-0.1, -0.05) is 11.6 Å². The van der Waals surface area contributed by atoms with E-state index >= 15 is 0 Å². The molecule has 0 aliphatic carbocycles. The van der Waals surface area contributed by atoms with Gasteiger partial charge in [0.25, 0.3) is 0 Å². The Morgan fingerprint density at radius 1 is 1.31 bits per heavy atom. The van der Waals surface area contributed by atoms with Gasteiger partial charge < -0.3 is 14.6 Å². The molecular formula is C9H9ClO3. The molecule has 0 bridgehead atoms. The zero-order valence-electron chi connectivity index (χ0n) is 7.30. The van der Waals surface area contributed by atoms with Crippen LogP contribution in [0.2, 0.25) is 5.02 Å². The third-order valence-corrected chi connectivity index (χ3v) is 2.05. The number of aromatic hydroxyl groups is 1. The van der Waals surface area contributed by atoms with E-state index in [4.69, 9.17) is 21.1 Å². The standard InChI is InChI=1S/C9H9ClO3/c1-9(2)12-6-4-3-5(10)7(11)8(6)13-9/h3-4,11H,1-2H3. The summed E-state index contributed by atoms with van der Waals surface area (Å²) in [7, 11) is 0. The summed E-state index contributed by atoms with van der Waals surface area (Å²) in [5.41, 5.74) is 0. The van der Waals surface area contributed by atoms with Crippen molar-refractivity contribution in [2.75, 3.05) is 0 Å². The Morgan fingerprint density at radius 2 is 2.00 bits per heavy atom. The van der Waals surface area contributed by atoms with E-state index in [0.717, 1.165) is 0 Å². The summed E-state index contributed by atoms with van der Waals surface area (Å²) in [6.07, 6.45) is 0. The van der Waals surface area contributed by atoms with Crippen LogP contribution in [0.3, 0.4) is 0 Å². The summed E-state index contributed by atoms with van der Waals surface area (Å²) in [6, 6.07) is 3.24. The molecule has 0 spiro atoms. The van der Waals surface area contributed by atoms with Crippen LogP contribution in [0.5, 0.6) is 17.2 Å². The van der Waals surface area contributed by atoms with Crippen LogP contribution in [-0.4, -0.2) is 10.9 Å². The van der Waals surface area contributed by atoms with Crippen molar-refractivity contribution < 1.29 is 14.6 Å². The summed E-state index contributed by atoms with van der Waals surface area (Å²) in [6.45, 7) is 3.53. The van der Waals surface area contributed by atoms with Gasteiger partial charge in [-0.25, -0.2) is 0 Å². The lowest BCUT2D eigenvalue weighted by atomic mass is 10.3. The summed E-state index contributed by atoms with van der Waals surface area (Å²) in [5, 5.41) is 9.78. The zero-order chi connectivity index (χ0) is 9.64. The van der Waals surface area contributed by atoms with Crippen molar-refractivity contribution in [3.05, 3.63) is 17.2 Å². The number of phenols is 1. The molecule has 3 nitrogen and oxygen atoms in total. The van der Waals surface area contributed by atoms with Crippen LogP contribution in [0.1, 0.15) is 13.8 Å². The van der Waals surface area contributed by atoms with Crippen LogP contribution in [0, 0.1) is 0 Å². The van der Waals surface area contributed by atoms with E-state index in [9.17, 15) is 5.11 Å². The van der Waals surface area contributed by atoms with Crippen molar-refractivity contribution in [3.8, 4) is 17.2 Å². The van der Waals surface area contributed by atoms with Gasteiger partial charge in [0.1, 0.15) is 0 Å². The molecule has 1 aromatic carbocycles. The van der Waals surface area contributed by atoms with E-state index in [1.807, 2.05) is 0 Å². The summed E-state index contributed by atoms with van der Waals surface area (Å²) < 4.78 is 10.7. The average molecular weight is 201 g/mol. The largest absolute Gasteiger partial charge is 0.503 e. The van der Waals surface area contributed by atoms with Gasteiger partial charge in [0, 0.05) is 13.8 Å². The van der Waals surface area contributed by atoms with Crippen LogP contribution >= 0.6 is 11.6 Å². The molecule has 0 fully saturated rings. The summed E-state index contributed by atoms with van der Waals surface area (Å²) in [5.74, 6) is 0.0407. The molecule has 0 unspecified atom stereocenters. The van der Waals surface area contributed by atoms with Crippen molar-refractivity contribution in [1.29, 1.82) is 0 Å². The number of rotatable bonds is 0. The van der Waals surface area contributed by atoms with Gasteiger partial charge in [0.15, 0.2) is 11.5 Å². The van der Waals surface area contributed by atoms with Crippen molar-refractivity contribution in [2.45, 2.75) is 19.6 Å². The second-order valence-corrected chi connectivity index (χ2v) is 3.73. The van der Waals surface area contributed by atoms with Crippen molar-refractivity contribution in [2.24, 2.45) is 0 Å². The minimum absolute atomic E-state index is 0.0651. The molecular weight excluding hydrogens is 192 g/mol. The molecule has 1 aromatic rings. The highest BCUT2D eigenvalue weighted by atomic mass is 35.5. The minimum atomic E-state index is -0.732. The molecule has 70 valence electrons. The van der Waals surface area contributed by atoms with Gasteiger partial charge in [-0.2, -0.15) is 0 Å². The van der Waals surface area contributed by atoms with E-state index in [0.29, 0.717) is 11.5 Å². The molecule has 2 rings (SSSR count). The average Bonchev–Trinajstić information content (AvgIpc) is 2.34. The third-order valence-electron chi connectivity index (χ3n) is 1.75. The van der Waals surface area contributed by atoms with Crippen molar-refractivity contribution >= 4 is 11.6 Å². The van der Waals surface area contributed by atoms with Gasteiger partial charge in [-0.3, -0.25) is 0 Å². The number of ether oxygens (including phenoxy) is 2. The first-order valence-electron chi connectivity index (χ1n) is 3.89. The van der Waals surface area contributed by atoms with Crippen LogP contribution in [0.25, 0.3) is 0 Å². The van der Waals surface area contributed by atoms with Crippen molar-refractivity contribution in [3.63, 3.8) is 0 Å². The lowest BCUT2D eigenvalue weighted by molar-refractivity contribution is -0.0439. The summed E-state index contributed by atoms with van der Waals surface area (Å²) in [4.78, 5) is 0. The van der Waals surface area contributed by atoms with E-state index < -0.39 is 5.79 Å². The van der Waals surface area contributed by atoms with Crippen LogP contribution in [0.15, 0.2) is 12.1 Å². The molecule has 0 amide bonds. The van der Waals surface area contributed by atoms with E-state index in [1.165, 1.54) is 0 Å². The first kappa shape index (κ1) is 8.51. The molecule has 0 atom stereocenters. The second-order valence-electron chi connectivity index (χ2n) is 3.33. The Labute approximate surface area is 80.8 Å². The maximum atomic E-state index is 9.51. The van der Waals surface area contributed by atoms with Crippen LogP contribution < -0.4 is 9.47 Å². The predicted molar refractivity (Wildman–Crippen MR) is 48.5 cm³/mol. The quantitative estimate of drug-likeness (QED) is 0.700. The van der Waals surface area contributed by atoms with E-state index in [1.54, 1.807) is 26.0 Å². The lowest BCUT2D eigenvalue weighted by Crippen LogP contribution is -2.29. The molecule has 1 aliphatic heterocycles. The van der Waals surface area contributed by atoms with Crippen LogP contribution in [0.4, 0.5) is 0 Å². The molecule has 0 radical (unpaired) electrons. The lowest BCUT2D eigenvalue weighted by Gasteiger charge is -2.16. The Kier molecular flexibility index (Phi) is 1.60. The third kappa shape index (κ3) is 1.29. The molecule has 0 saturated carbocycles. The molecule has 0 aromatic heterocycles. The molecule has 1 N–H and O–H groups in total. The molecule has 0 saturated heterocycles. The second kappa shape index (κ2) is 2.45. The van der Waals surface area contributed by atoms with Gasteiger partial charge in [-0.15, -0.1) is 0 Å². The molecule has 4 heteroatoms. The minimum Gasteiger partial charge on any atom is -0.503 e. The van der Waals surface area contributed by atoms with Gasteiger partial charge in [-0.05, 0) is 12.1 Å². The number of benzene rings is 1. The number of halogens is 1. The highest BCUT2D eigenvalue weighted by Crippen LogP contribution is 2.48. The van der Waals surface area contributed by atoms with Gasteiger partial charge in [0.2, 0.25) is 11.5 Å². The van der Waals surface area contributed by atoms with Gasteiger partial charge >= 0.3 is 0 Å². The van der Waals surface area contributed by atoms with Crippen molar-refractivity contribution in [1.82, 2.24) is 0 Å². The maximum absolute atomic E-state index is 9.51. The fourth-order valence-electron chi connectivity index (χ4n) is 1.24. The number of hydrogen-bond acceptors (Lipinski definition) is 3. The van der Waals surface area contributed by atoms with Gasteiger partial charge in [0.05, 0.1) is 5.02 Å². The number of fused-ring (bicyclic) bond motifs is 1. The molecule has 1 aliphatic rings. The summed E-state index contributed by atoms with van der Waals surface area (Å²) >= 11 is 5.70. The highest BCUT2D eigenvalue weighted by molar-refractivity contribution is 6.32. The Hall–Kier alpha value is -1.09. The molecule has 13 heavy (non-hydrogen) atoms. The fourth-order valence-corrected chi connectivity index (χ4v) is 1.39. The normalized spacial score (nSPS) is 17.5. The smallest absolute Gasteiger partial charge is 0.246 e. The Bertz CT molecular complexity index is 360. The zero-order valence-corrected chi connectivity index (χ0v) is 8.05. The van der Waals surface area contributed by atoms with E-state index in [-0.39, 0.29) is 10.8 Å². The first-order valence-corrected chi connectivity index (χ1v) is 4.27. The Balaban J connectivity index is 2.53. The van der Waals surface area contributed by atoms with E-state index in [2.05, 4.69) is 0 Å². The first-order chi connectivity index (χ1) is 5.99. The monoisotopic (exact) mass is 200 g/mol. The Morgan fingerprint density at radius 3 is 2.69 bits per heavy atom. The molecule has 1 heterocycles. The SMILES string of the molecule is CC1(C)Oc2ccc(Cl)c(O)c2O1. The van der Waals surface area contributed by atoms with Crippen LogP contribution in [-0.2, 0) is 0 Å². The number of hydrogen-bond donors (Lipinski definition) is 1. The topological polar surface area (TPSA) is 38.7 Å². The highest BCUT2D eigenvalue weighted by Gasteiger charge is 2.34. The predicted octanol–water partition coefficient (Wildman–Crippen LogP) is 2.55. The number of phenolic OH excluding ortho intramolecular Hbond substituents is 1. The fraction of sp³-hybridized carbons (Fsp3) is 0.333.